The van der Waals surface area contributed by atoms with E-state index in [0.29, 0.717) is 17.9 Å². The van der Waals surface area contributed by atoms with Crippen molar-refractivity contribution in [1.29, 1.82) is 0 Å². The molecule has 3 heterocycles. The number of piperidine rings is 1. The standard InChI is InChI=1S/C17H27N3OS/c1-12(14-9-18-10-14)17(21)19-11-13-5-3-7-20(2)16(13)15-6-4-8-22-15/h4,6,8,12-14,16,18H,3,5,7,9-11H2,1-2H3,(H,19,21). The molecule has 3 rings (SSSR count). The van der Waals surface area contributed by atoms with Gasteiger partial charge in [0.05, 0.1) is 0 Å². The van der Waals surface area contributed by atoms with Gasteiger partial charge in [0.2, 0.25) is 5.91 Å². The van der Waals surface area contributed by atoms with Crippen molar-refractivity contribution in [2.24, 2.45) is 17.8 Å². The highest BCUT2D eigenvalue weighted by Crippen LogP contribution is 2.36. The highest BCUT2D eigenvalue weighted by Gasteiger charge is 2.33. The molecule has 0 radical (unpaired) electrons. The van der Waals surface area contributed by atoms with Crippen molar-refractivity contribution in [1.82, 2.24) is 15.5 Å². The fourth-order valence-electron chi connectivity index (χ4n) is 3.65. The van der Waals surface area contributed by atoms with E-state index in [9.17, 15) is 4.79 Å². The van der Waals surface area contributed by atoms with Crippen LogP contribution in [0, 0.1) is 17.8 Å². The van der Waals surface area contributed by atoms with Gasteiger partial charge in [0.1, 0.15) is 0 Å². The molecular weight excluding hydrogens is 294 g/mol. The molecule has 0 aliphatic carbocycles. The zero-order valence-corrected chi connectivity index (χ0v) is 14.4. The summed E-state index contributed by atoms with van der Waals surface area (Å²) >= 11 is 1.83. The van der Waals surface area contributed by atoms with Crippen LogP contribution in [0.1, 0.15) is 30.7 Å². The maximum atomic E-state index is 12.3. The van der Waals surface area contributed by atoms with Crippen LogP contribution in [-0.4, -0.2) is 44.0 Å². The Balaban J connectivity index is 1.58. The Bertz CT molecular complexity index is 486. The molecule has 4 nitrogen and oxygen atoms in total. The summed E-state index contributed by atoms with van der Waals surface area (Å²) in [4.78, 5) is 16.2. The third-order valence-corrected chi connectivity index (χ3v) is 6.26. The number of hydrogen-bond donors (Lipinski definition) is 2. The molecule has 1 aromatic rings. The molecule has 122 valence electrons. The maximum Gasteiger partial charge on any atom is 0.223 e. The second-order valence-corrected chi connectivity index (χ2v) is 7.77. The van der Waals surface area contributed by atoms with E-state index in [-0.39, 0.29) is 11.8 Å². The van der Waals surface area contributed by atoms with Crippen molar-refractivity contribution in [3.05, 3.63) is 22.4 Å². The van der Waals surface area contributed by atoms with Gasteiger partial charge in [-0.1, -0.05) is 13.0 Å². The second kappa shape index (κ2) is 7.11. The molecule has 1 amide bonds. The lowest BCUT2D eigenvalue weighted by molar-refractivity contribution is -0.127. The number of amides is 1. The van der Waals surface area contributed by atoms with Crippen LogP contribution in [0.5, 0.6) is 0 Å². The second-order valence-electron chi connectivity index (χ2n) is 6.80. The summed E-state index contributed by atoms with van der Waals surface area (Å²) in [7, 11) is 2.21. The SMILES string of the molecule is CC(C(=O)NCC1CCCN(C)C1c1cccs1)C1CNC1. The Hall–Kier alpha value is -0.910. The van der Waals surface area contributed by atoms with E-state index in [4.69, 9.17) is 0 Å². The highest BCUT2D eigenvalue weighted by molar-refractivity contribution is 7.10. The van der Waals surface area contributed by atoms with Crippen LogP contribution >= 0.6 is 11.3 Å². The molecule has 0 bridgehead atoms. The summed E-state index contributed by atoms with van der Waals surface area (Å²) in [5.41, 5.74) is 0. The predicted octanol–water partition coefficient (Wildman–Crippen LogP) is 2.10. The lowest BCUT2D eigenvalue weighted by Gasteiger charge is -2.39. The summed E-state index contributed by atoms with van der Waals surface area (Å²) < 4.78 is 0. The molecule has 2 N–H and O–H groups in total. The quantitative estimate of drug-likeness (QED) is 0.873. The van der Waals surface area contributed by atoms with Gasteiger partial charge < -0.3 is 10.6 Å². The first-order chi connectivity index (χ1) is 10.7. The van der Waals surface area contributed by atoms with Crippen molar-refractivity contribution >= 4 is 17.2 Å². The van der Waals surface area contributed by atoms with Crippen molar-refractivity contribution in [3.63, 3.8) is 0 Å². The van der Waals surface area contributed by atoms with E-state index >= 15 is 0 Å². The molecule has 1 aromatic heterocycles. The van der Waals surface area contributed by atoms with E-state index in [0.717, 1.165) is 26.2 Å². The third kappa shape index (κ3) is 3.36. The summed E-state index contributed by atoms with van der Waals surface area (Å²) in [6.45, 7) is 5.98. The molecule has 0 spiro atoms. The first kappa shape index (κ1) is 16.0. The molecule has 2 fully saturated rings. The van der Waals surface area contributed by atoms with Gasteiger partial charge in [0.15, 0.2) is 0 Å². The van der Waals surface area contributed by atoms with Crippen LogP contribution in [0.2, 0.25) is 0 Å². The fourth-order valence-corrected chi connectivity index (χ4v) is 4.64. The molecule has 2 aliphatic heterocycles. The van der Waals surface area contributed by atoms with Crippen molar-refractivity contribution < 1.29 is 4.79 Å². The van der Waals surface area contributed by atoms with Crippen molar-refractivity contribution in [3.8, 4) is 0 Å². The number of nitrogens with one attached hydrogen (secondary N) is 2. The van der Waals surface area contributed by atoms with Crippen LogP contribution in [0.15, 0.2) is 17.5 Å². The van der Waals surface area contributed by atoms with Gasteiger partial charge in [0.25, 0.3) is 0 Å². The lowest BCUT2D eigenvalue weighted by Crippen LogP contribution is -2.50. The highest BCUT2D eigenvalue weighted by atomic mass is 32.1. The molecule has 0 aromatic carbocycles. The Morgan fingerprint density at radius 3 is 3.00 bits per heavy atom. The Morgan fingerprint density at radius 2 is 2.36 bits per heavy atom. The Morgan fingerprint density at radius 1 is 1.55 bits per heavy atom. The first-order valence-corrected chi connectivity index (χ1v) is 9.27. The molecule has 2 saturated heterocycles. The van der Waals surface area contributed by atoms with Gasteiger partial charge in [-0.15, -0.1) is 11.3 Å². The monoisotopic (exact) mass is 321 g/mol. The smallest absolute Gasteiger partial charge is 0.223 e. The minimum absolute atomic E-state index is 0.128. The Labute approximate surface area is 137 Å². The molecule has 22 heavy (non-hydrogen) atoms. The molecule has 2 aliphatic rings. The number of carbonyl (C=O) groups excluding carboxylic acids is 1. The molecule has 5 heteroatoms. The summed E-state index contributed by atoms with van der Waals surface area (Å²) in [6.07, 6.45) is 2.42. The van der Waals surface area contributed by atoms with Gasteiger partial charge in [-0.05, 0) is 62.8 Å². The summed E-state index contributed by atoms with van der Waals surface area (Å²) in [5, 5.41) is 8.63. The first-order valence-electron chi connectivity index (χ1n) is 8.39. The van der Waals surface area contributed by atoms with E-state index in [1.54, 1.807) is 0 Å². The minimum Gasteiger partial charge on any atom is -0.356 e. The number of carbonyl (C=O) groups is 1. The van der Waals surface area contributed by atoms with Crippen LogP contribution < -0.4 is 10.6 Å². The van der Waals surface area contributed by atoms with Gasteiger partial charge in [0, 0.05) is 23.4 Å². The number of thiophene rings is 1. The van der Waals surface area contributed by atoms with Crippen LogP contribution in [-0.2, 0) is 4.79 Å². The average Bonchev–Trinajstić information content (AvgIpc) is 2.96. The maximum absolute atomic E-state index is 12.3. The van der Waals surface area contributed by atoms with Crippen LogP contribution in [0.3, 0.4) is 0 Å². The van der Waals surface area contributed by atoms with E-state index in [1.165, 1.54) is 17.7 Å². The molecule has 3 unspecified atom stereocenters. The van der Waals surface area contributed by atoms with Crippen LogP contribution in [0.4, 0.5) is 0 Å². The van der Waals surface area contributed by atoms with Crippen molar-refractivity contribution in [2.75, 3.05) is 33.2 Å². The number of likely N-dealkylation sites (tertiary alicyclic amines) is 1. The molecule has 3 atom stereocenters. The number of nitrogens with zero attached hydrogens (tertiary/aromatic N) is 1. The van der Waals surface area contributed by atoms with Gasteiger partial charge in [-0.2, -0.15) is 0 Å². The average molecular weight is 321 g/mol. The topological polar surface area (TPSA) is 44.4 Å². The summed E-state index contributed by atoms with van der Waals surface area (Å²) in [6, 6.07) is 4.81. The van der Waals surface area contributed by atoms with E-state index < -0.39 is 0 Å². The zero-order chi connectivity index (χ0) is 15.5. The van der Waals surface area contributed by atoms with E-state index in [2.05, 4.69) is 47.0 Å². The minimum atomic E-state index is 0.128. The van der Waals surface area contributed by atoms with Gasteiger partial charge in [-0.3, -0.25) is 9.69 Å². The molecule has 0 saturated carbocycles. The fraction of sp³-hybridized carbons (Fsp3) is 0.706. The van der Waals surface area contributed by atoms with Gasteiger partial charge in [-0.25, -0.2) is 0 Å². The largest absolute Gasteiger partial charge is 0.356 e. The predicted molar refractivity (Wildman–Crippen MR) is 90.9 cm³/mol. The Kier molecular flexibility index (Phi) is 5.16. The van der Waals surface area contributed by atoms with Crippen LogP contribution in [0.25, 0.3) is 0 Å². The van der Waals surface area contributed by atoms with E-state index in [1.807, 2.05) is 11.3 Å². The van der Waals surface area contributed by atoms with Gasteiger partial charge >= 0.3 is 0 Å². The molecular formula is C17H27N3OS. The number of rotatable bonds is 5. The third-order valence-electron chi connectivity index (χ3n) is 5.31. The van der Waals surface area contributed by atoms with Crippen molar-refractivity contribution in [2.45, 2.75) is 25.8 Å². The zero-order valence-electron chi connectivity index (χ0n) is 13.5. The normalized spacial score (nSPS) is 28.1. The number of hydrogen-bond acceptors (Lipinski definition) is 4. The lowest BCUT2D eigenvalue weighted by atomic mass is 9.86. The summed E-state index contributed by atoms with van der Waals surface area (Å²) in [5.74, 6) is 1.39.